The summed E-state index contributed by atoms with van der Waals surface area (Å²) in [5, 5.41) is 12.8. The number of aromatic nitrogens is 1. The van der Waals surface area contributed by atoms with E-state index in [2.05, 4.69) is 10.3 Å². The number of nitrogens with one attached hydrogen (secondary N) is 1. The van der Waals surface area contributed by atoms with Gasteiger partial charge >= 0.3 is 0 Å². The van der Waals surface area contributed by atoms with Gasteiger partial charge in [-0.1, -0.05) is 0 Å². The van der Waals surface area contributed by atoms with Crippen molar-refractivity contribution in [2.24, 2.45) is 0 Å². The monoisotopic (exact) mass is 215 g/mol. The maximum absolute atomic E-state index is 8.62. The summed E-state index contributed by atoms with van der Waals surface area (Å²) in [6.45, 7) is 3.62. The van der Waals surface area contributed by atoms with Gasteiger partial charge in [0, 0.05) is 32.1 Å². The van der Waals surface area contributed by atoms with Gasteiger partial charge in [-0.2, -0.15) is 0 Å². The molecule has 80 valence electrons. The molecule has 0 bridgehead atoms. The van der Waals surface area contributed by atoms with Gasteiger partial charge in [-0.15, -0.1) is 11.3 Å². The number of aliphatic hydroxyl groups is 1. The maximum Gasteiger partial charge on any atom is 0.185 e. The fraction of sp³-hybridized carbons (Fsp3) is 0.667. The molecule has 5 heteroatoms. The number of rotatable bonds is 5. The van der Waals surface area contributed by atoms with Crippen LogP contribution in [0.3, 0.4) is 0 Å². The maximum atomic E-state index is 8.62. The van der Waals surface area contributed by atoms with Crippen molar-refractivity contribution in [3.8, 4) is 0 Å². The van der Waals surface area contributed by atoms with Crippen LogP contribution in [0.5, 0.6) is 0 Å². The highest BCUT2D eigenvalue weighted by Crippen LogP contribution is 2.23. The third-order valence-electron chi connectivity index (χ3n) is 1.84. The van der Waals surface area contributed by atoms with Gasteiger partial charge in [0.1, 0.15) is 0 Å². The van der Waals surface area contributed by atoms with E-state index in [9.17, 15) is 0 Å². The number of thiazole rings is 1. The summed E-state index contributed by atoms with van der Waals surface area (Å²) in [7, 11) is 3.98. The van der Waals surface area contributed by atoms with Crippen molar-refractivity contribution < 1.29 is 5.11 Å². The summed E-state index contributed by atoms with van der Waals surface area (Å²) in [6.07, 6.45) is 0. The third-order valence-corrected chi connectivity index (χ3v) is 3.16. The van der Waals surface area contributed by atoms with Crippen LogP contribution in [-0.4, -0.2) is 37.3 Å². The van der Waals surface area contributed by atoms with Gasteiger partial charge in [0.05, 0.1) is 12.3 Å². The van der Waals surface area contributed by atoms with Gasteiger partial charge in [-0.25, -0.2) is 4.98 Å². The van der Waals surface area contributed by atoms with Crippen molar-refractivity contribution in [1.29, 1.82) is 0 Å². The minimum absolute atomic E-state index is 0.179. The first kappa shape index (κ1) is 11.4. The zero-order valence-electron chi connectivity index (χ0n) is 8.87. The summed E-state index contributed by atoms with van der Waals surface area (Å²) in [6, 6.07) is 0. The van der Waals surface area contributed by atoms with E-state index in [0.717, 1.165) is 17.4 Å². The summed E-state index contributed by atoms with van der Waals surface area (Å²) < 4.78 is 0. The molecule has 1 aromatic rings. The van der Waals surface area contributed by atoms with Crippen LogP contribution < -0.4 is 10.2 Å². The van der Waals surface area contributed by atoms with E-state index < -0.39 is 0 Å². The van der Waals surface area contributed by atoms with E-state index in [4.69, 9.17) is 5.11 Å². The van der Waals surface area contributed by atoms with E-state index in [0.29, 0.717) is 6.54 Å². The van der Waals surface area contributed by atoms with Gasteiger partial charge in [-0.05, 0) is 6.92 Å². The van der Waals surface area contributed by atoms with Crippen LogP contribution in [0.15, 0.2) is 0 Å². The molecule has 0 aliphatic heterocycles. The minimum Gasteiger partial charge on any atom is -0.395 e. The van der Waals surface area contributed by atoms with E-state index >= 15 is 0 Å². The van der Waals surface area contributed by atoms with Crippen LogP contribution in [0.25, 0.3) is 0 Å². The topological polar surface area (TPSA) is 48.4 Å². The molecule has 0 unspecified atom stereocenters. The Morgan fingerprint density at radius 1 is 1.50 bits per heavy atom. The molecule has 0 saturated heterocycles. The molecule has 0 aliphatic carbocycles. The summed E-state index contributed by atoms with van der Waals surface area (Å²) in [5.74, 6) is 0. The van der Waals surface area contributed by atoms with Crippen molar-refractivity contribution in [3.63, 3.8) is 0 Å². The average molecular weight is 215 g/mol. The molecule has 1 rings (SSSR count). The Morgan fingerprint density at radius 3 is 2.71 bits per heavy atom. The Bertz CT molecular complexity index is 286. The van der Waals surface area contributed by atoms with E-state index in [-0.39, 0.29) is 6.61 Å². The van der Waals surface area contributed by atoms with Crippen molar-refractivity contribution in [3.05, 3.63) is 10.6 Å². The molecule has 4 nitrogen and oxygen atoms in total. The fourth-order valence-corrected chi connectivity index (χ4v) is 2.00. The smallest absolute Gasteiger partial charge is 0.185 e. The predicted molar refractivity (Wildman–Crippen MR) is 60.0 cm³/mol. The van der Waals surface area contributed by atoms with Gasteiger partial charge in [0.15, 0.2) is 5.13 Å². The number of aliphatic hydroxyl groups excluding tert-OH is 1. The highest BCUT2D eigenvalue weighted by atomic mass is 32.1. The SMILES string of the molecule is Cc1nc(N(C)C)sc1CNCCO. The molecule has 0 fully saturated rings. The van der Waals surface area contributed by atoms with Crippen molar-refractivity contribution in [2.45, 2.75) is 13.5 Å². The quantitative estimate of drug-likeness (QED) is 0.706. The van der Waals surface area contributed by atoms with Crippen LogP contribution in [0.4, 0.5) is 5.13 Å². The van der Waals surface area contributed by atoms with Crippen LogP contribution in [0.1, 0.15) is 10.6 Å². The summed E-state index contributed by atoms with van der Waals surface area (Å²) in [4.78, 5) is 7.68. The molecular formula is C9H17N3OS. The number of aryl methyl sites for hydroxylation is 1. The lowest BCUT2D eigenvalue weighted by atomic mass is 10.4. The lowest BCUT2D eigenvalue weighted by Crippen LogP contribution is -2.17. The van der Waals surface area contributed by atoms with E-state index in [1.807, 2.05) is 25.9 Å². The molecule has 1 aromatic heterocycles. The molecule has 0 aliphatic rings. The molecule has 0 spiro atoms. The number of hydrogen-bond acceptors (Lipinski definition) is 5. The first-order chi connectivity index (χ1) is 6.65. The lowest BCUT2D eigenvalue weighted by molar-refractivity contribution is 0.292. The second-order valence-corrected chi connectivity index (χ2v) is 4.36. The molecule has 0 aromatic carbocycles. The molecule has 0 saturated carbocycles. The van der Waals surface area contributed by atoms with Crippen LogP contribution in [0.2, 0.25) is 0 Å². The van der Waals surface area contributed by atoms with Gasteiger partial charge in [-0.3, -0.25) is 0 Å². The van der Waals surface area contributed by atoms with E-state index in [1.165, 1.54) is 4.88 Å². The number of anilines is 1. The number of nitrogens with zero attached hydrogens (tertiary/aromatic N) is 2. The molecule has 0 amide bonds. The standard InChI is InChI=1S/C9H17N3OS/c1-7-8(6-10-4-5-13)14-9(11-7)12(2)3/h10,13H,4-6H2,1-3H3. The molecule has 14 heavy (non-hydrogen) atoms. The molecular weight excluding hydrogens is 198 g/mol. The Kier molecular flexibility index (Phi) is 4.31. The average Bonchev–Trinajstić information content (AvgIpc) is 2.49. The van der Waals surface area contributed by atoms with Gasteiger partial charge < -0.3 is 15.3 Å². The van der Waals surface area contributed by atoms with Crippen molar-refractivity contribution in [2.75, 3.05) is 32.1 Å². The van der Waals surface area contributed by atoms with Crippen molar-refractivity contribution in [1.82, 2.24) is 10.3 Å². The third kappa shape index (κ3) is 2.94. The first-order valence-corrected chi connectivity index (χ1v) is 5.42. The Balaban J connectivity index is 2.58. The Labute approximate surface area is 88.6 Å². The highest BCUT2D eigenvalue weighted by Gasteiger charge is 2.07. The van der Waals surface area contributed by atoms with Crippen LogP contribution >= 0.6 is 11.3 Å². The van der Waals surface area contributed by atoms with Gasteiger partial charge in [0.2, 0.25) is 0 Å². The van der Waals surface area contributed by atoms with Crippen molar-refractivity contribution >= 4 is 16.5 Å². The zero-order valence-corrected chi connectivity index (χ0v) is 9.69. The van der Waals surface area contributed by atoms with Gasteiger partial charge in [0.25, 0.3) is 0 Å². The second kappa shape index (κ2) is 5.29. The molecule has 0 radical (unpaired) electrons. The normalized spacial score (nSPS) is 10.6. The molecule has 1 heterocycles. The van der Waals surface area contributed by atoms with Crippen LogP contribution in [0, 0.1) is 6.92 Å². The Hall–Kier alpha value is -0.650. The predicted octanol–water partition coefficient (Wildman–Crippen LogP) is 0.599. The first-order valence-electron chi connectivity index (χ1n) is 4.60. The lowest BCUT2D eigenvalue weighted by Gasteiger charge is -2.05. The number of hydrogen-bond donors (Lipinski definition) is 2. The molecule has 2 N–H and O–H groups in total. The zero-order chi connectivity index (χ0) is 10.6. The largest absolute Gasteiger partial charge is 0.395 e. The summed E-state index contributed by atoms with van der Waals surface area (Å²) in [5.41, 5.74) is 1.07. The summed E-state index contributed by atoms with van der Waals surface area (Å²) >= 11 is 1.69. The Morgan fingerprint density at radius 2 is 2.21 bits per heavy atom. The van der Waals surface area contributed by atoms with Crippen LogP contribution in [-0.2, 0) is 6.54 Å². The highest BCUT2D eigenvalue weighted by molar-refractivity contribution is 7.15. The minimum atomic E-state index is 0.179. The second-order valence-electron chi connectivity index (χ2n) is 3.30. The van der Waals surface area contributed by atoms with E-state index in [1.54, 1.807) is 11.3 Å². The molecule has 0 atom stereocenters. The fourth-order valence-electron chi connectivity index (χ4n) is 1.05.